The minimum Gasteiger partial charge on any atom is -0.465 e. The van der Waals surface area contributed by atoms with Crippen molar-refractivity contribution in [2.75, 3.05) is 30.4 Å². The van der Waals surface area contributed by atoms with E-state index in [1.807, 2.05) is 30.3 Å². The molecule has 1 aliphatic rings. The largest absolute Gasteiger partial charge is 0.465 e. The van der Waals surface area contributed by atoms with Gasteiger partial charge in [-0.15, -0.1) is 0 Å². The molecule has 1 aromatic heterocycles. The monoisotopic (exact) mass is 454 g/mol. The fraction of sp³-hybridized carbons (Fsp3) is 0.222. The number of nitrogens with zero attached hydrogens (tertiary/aromatic N) is 2. The van der Waals surface area contributed by atoms with Crippen LogP contribution in [0.3, 0.4) is 0 Å². The molecule has 2 N–H and O–H groups in total. The van der Waals surface area contributed by atoms with Crippen LogP contribution in [0.2, 0.25) is 0 Å². The van der Waals surface area contributed by atoms with Gasteiger partial charge in [0.1, 0.15) is 5.82 Å². The Bertz CT molecular complexity index is 1220. The number of esters is 1. The summed E-state index contributed by atoms with van der Waals surface area (Å²) in [5.41, 5.74) is 3.45. The van der Waals surface area contributed by atoms with E-state index < -0.39 is 5.97 Å². The van der Waals surface area contributed by atoms with Crippen LogP contribution in [0, 0.1) is 11.8 Å². The zero-order valence-electron chi connectivity index (χ0n) is 19.0. The lowest BCUT2D eigenvalue weighted by molar-refractivity contribution is 0.0600. The highest BCUT2D eigenvalue weighted by molar-refractivity contribution is 5.90. The first-order chi connectivity index (χ1) is 16.6. The Morgan fingerprint density at radius 3 is 2.44 bits per heavy atom. The van der Waals surface area contributed by atoms with Crippen LogP contribution >= 0.6 is 0 Å². The summed E-state index contributed by atoms with van der Waals surface area (Å²) >= 11 is 0. The van der Waals surface area contributed by atoms with Gasteiger partial charge in [-0.25, -0.2) is 14.6 Å². The lowest BCUT2D eigenvalue weighted by atomic mass is 10.1. The average molecular weight is 455 g/mol. The third-order valence-corrected chi connectivity index (χ3v) is 5.45. The first-order valence-electron chi connectivity index (χ1n) is 11.2. The van der Waals surface area contributed by atoms with Gasteiger partial charge in [0.2, 0.25) is 0 Å². The van der Waals surface area contributed by atoms with Gasteiger partial charge in [0, 0.05) is 42.6 Å². The molecule has 4 rings (SSSR count). The second kappa shape index (κ2) is 11.0. The summed E-state index contributed by atoms with van der Waals surface area (Å²) in [4.78, 5) is 30.8. The van der Waals surface area contributed by atoms with Gasteiger partial charge in [-0.05, 0) is 60.9 Å². The molecular weight excluding hydrogens is 428 g/mol. The molecule has 0 unspecified atom stereocenters. The van der Waals surface area contributed by atoms with Crippen LogP contribution in [-0.2, 0) is 11.3 Å². The molecule has 7 heteroatoms. The highest BCUT2D eigenvalue weighted by Crippen LogP contribution is 2.17. The Hall–Kier alpha value is -4.31. The molecule has 0 saturated carbocycles. The molecular formula is C27H26N4O3. The van der Waals surface area contributed by atoms with Crippen LogP contribution < -0.4 is 15.5 Å². The molecule has 172 valence electrons. The minimum atomic E-state index is -0.404. The summed E-state index contributed by atoms with van der Waals surface area (Å²) in [6.07, 6.45) is 4.22. The Kier molecular flexibility index (Phi) is 7.41. The Balaban J connectivity index is 1.32. The molecule has 1 saturated heterocycles. The van der Waals surface area contributed by atoms with Gasteiger partial charge < -0.3 is 20.3 Å². The van der Waals surface area contributed by atoms with Gasteiger partial charge in [-0.1, -0.05) is 30.0 Å². The van der Waals surface area contributed by atoms with E-state index in [4.69, 9.17) is 4.74 Å². The van der Waals surface area contributed by atoms with Crippen LogP contribution in [0.1, 0.15) is 39.9 Å². The molecule has 2 aromatic carbocycles. The molecule has 7 nitrogen and oxygen atoms in total. The number of pyridine rings is 1. The summed E-state index contributed by atoms with van der Waals surface area (Å²) in [6.45, 7) is 2.49. The molecule has 0 atom stereocenters. The van der Waals surface area contributed by atoms with Crippen molar-refractivity contribution in [2.24, 2.45) is 0 Å². The van der Waals surface area contributed by atoms with Crippen molar-refractivity contribution in [3.05, 3.63) is 89.1 Å². The maximum atomic E-state index is 12.4. The van der Waals surface area contributed by atoms with E-state index in [2.05, 4.69) is 32.4 Å². The number of carbonyl (C=O) groups is 2. The van der Waals surface area contributed by atoms with Crippen molar-refractivity contribution in [3.63, 3.8) is 0 Å². The second-order valence-electron chi connectivity index (χ2n) is 7.93. The number of carbonyl (C=O) groups excluding carboxylic acids is 2. The molecule has 0 radical (unpaired) electrons. The molecule has 34 heavy (non-hydrogen) atoms. The van der Waals surface area contributed by atoms with Gasteiger partial charge in [0.15, 0.2) is 0 Å². The van der Waals surface area contributed by atoms with E-state index in [0.717, 1.165) is 30.0 Å². The second-order valence-corrected chi connectivity index (χ2v) is 7.93. The maximum absolute atomic E-state index is 12.4. The molecule has 1 aliphatic heterocycles. The van der Waals surface area contributed by atoms with E-state index in [-0.39, 0.29) is 6.03 Å². The fourth-order valence-corrected chi connectivity index (χ4v) is 3.67. The maximum Gasteiger partial charge on any atom is 0.337 e. The number of hydrogen-bond donors (Lipinski definition) is 2. The van der Waals surface area contributed by atoms with E-state index >= 15 is 0 Å². The molecule has 2 amide bonds. The van der Waals surface area contributed by atoms with Crippen molar-refractivity contribution >= 4 is 23.5 Å². The van der Waals surface area contributed by atoms with Gasteiger partial charge in [-0.3, -0.25) is 0 Å². The molecule has 1 fully saturated rings. The number of rotatable bonds is 5. The number of anilines is 2. The average Bonchev–Trinajstić information content (AvgIpc) is 3.42. The SMILES string of the molecule is COC(=O)c1cccc(C#Cc2cccc(NC(=O)NCc3ccc(N4CCCC4)nc3)c2)c1. The summed E-state index contributed by atoms with van der Waals surface area (Å²) in [6, 6.07) is 17.9. The van der Waals surface area contributed by atoms with Crippen molar-refractivity contribution < 1.29 is 14.3 Å². The van der Waals surface area contributed by atoms with Crippen molar-refractivity contribution in [1.29, 1.82) is 0 Å². The number of hydrogen-bond acceptors (Lipinski definition) is 5. The van der Waals surface area contributed by atoms with Crippen LogP contribution in [0.25, 0.3) is 0 Å². The zero-order chi connectivity index (χ0) is 23.8. The molecule has 0 aliphatic carbocycles. The third kappa shape index (κ3) is 6.14. The lowest BCUT2D eigenvalue weighted by Gasteiger charge is -2.16. The number of aromatic nitrogens is 1. The summed E-state index contributed by atoms with van der Waals surface area (Å²) in [7, 11) is 1.34. The van der Waals surface area contributed by atoms with Gasteiger partial charge >= 0.3 is 12.0 Å². The fourth-order valence-electron chi connectivity index (χ4n) is 3.67. The Morgan fingerprint density at radius 1 is 1.00 bits per heavy atom. The molecule has 2 heterocycles. The van der Waals surface area contributed by atoms with E-state index in [1.165, 1.54) is 20.0 Å². The Morgan fingerprint density at radius 2 is 1.74 bits per heavy atom. The molecule has 0 spiro atoms. The van der Waals surface area contributed by atoms with E-state index in [1.54, 1.807) is 36.5 Å². The van der Waals surface area contributed by atoms with Crippen molar-refractivity contribution in [2.45, 2.75) is 19.4 Å². The normalized spacial score (nSPS) is 12.4. The summed E-state index contributed by atoms with van der Waals surface area (Å²) in [5, 5.41) is 5.68. The minimum absolute atomic E-state index is 0.306. The van der Waals surface area contributed by atoms with Crippen LogP contribution in [0.4, 0.5) is 16.3 Å². The van der Waals surface area contributed by atoms with Crippen molar-refractivity contribution in [1.82, 2.24) is 10.3 Å². The zero-order valence-corrected chi connectivity index (χ0v) is 19.0. The number of nitrogens with one attached hydrogen (secondary N) is 2. The predicted octanol–water partition coefficient (Wildman–Crippen LogP) is 4.19. The van der Waals surface area contributed by atoms with Crippen molar-refractivity contribution in [3.8, 4) is 11.8 Å². The van der Waals surface area contributed by atoms with Gasteiger partial charge in [-0.2, -0.15) is 0 Å². The summed E-state index contributed by atoms with van der Waals surface area (Å²) < 4.78 is 4.74. The summed E-state index contributed by atoms with van der Waals surface area (Å²) in [5.74, 6) is 6.68. The number of ether oxygens (including phenoxy) is 1. The first kappa shape index (κ1) is 22.9. The standard InChI is InChI=1S/C27H26N4O3/c1-34-26(32)23-8-4-6-20(16-23)10-11-21-7-5-9-24(17-21)30-27(33)29-19-22-12-13-25(28-18-22)31-14-2-3-15-31/h4-9,12-13,16-18H,2-3,14-15,19H2,1H3,(H2,29,30,33). The highest BCUT2D eigenvalue weighted by Gasteiger charge is 2.13. The van der Waals surface area contributed by atoms with E-state index in [0.29, 0.717) is 23.4 Å². The van der Waals surface area contributed by atoms with Crippen LogP contribution in [0.5, 0.6) is 0 Å². The molecule has 3 aromatic rings. The number of amides is 2. The van der Waals surface area contributed by atoms with Crippen LogP contribution in [-0.4, -0.2) is 37.2 Å². The molecule has 0 bridgehead atoms. The quantitative estimate of drug-likeness (QED) is 0.446. The highest BCUT2D eigenvalue weighted by atomic mass is 16.5. The number of methoxy groups -OCH3 is 1. The first-order valence-corrected chi connectivity index (χ1v) is 11.2. The van der Waals surface area contributed by atoms with Gasteiger partial charge in [0.05, 0.1) is 12.7 Å². The Labute approximate surface area is 199 Å². The smallest absolute Gasteiger partial charge is 0.337 e. The third-order valence-electron chi connectivity index (χ3n) is 5.45. The predicted molar refractivity (Wildman–Crippen MR) is 132 cm³/mol. The van der Waals surface area contributed by atoms with Gasteiger partial charge in [0.25, 0.3) is 0 Å². The number of benzene rings is 2. The lowest BCUT2D eigenvalue weighted by Crippen LogP contribution is -2.28. The van der Waals surface area contributed by atoms with E-state index in [9.17, 15) is 9.59 Å². The van der Waals surface area contributed by atoms with Crippen LogP contribution in [0.15, 0.2) is 66.9 Å². The topological polar surface area (TPSA) is 83.6 Å². The number of urea groups is 1.